The normalized spacial score (nSPS) is 15.8. The molecule has 3 aromatic rings. The van der Waals surface area contributed by atoms with Crippen molar-refractivity contribution < 1.29 is 19.1 Å². The fraction of sp³-hybridized carbons (Fsp3) is 0.182. The highest BCUT2D eigenvalue weighted by Crippen LogP contribution is 2.49. The van der Waals surface area contributed by atoms with Crippen molar-refractivity contribution in [1.82, 2.24) is 0 Å². The lowest BCUT2D eigenvalue weighted by Gasteiger charge is -2.25. The molecule has 2 heterocycles. The number of benzene rings is 2. The van der Waals surface area contributed by atoms with Gasteiger partial charge in [0.25, 0.3) is 0 Å². The molecular formula is C22H18FNO3S. The third-order valence-corrected chi connectivity index (χ3v) is 6.33. The van der Waals surface area contributed by atoms with E-state index >= 15 is 0 Å². The van der Waals surface area contributed by atoms with Gasteiger partial charge in [-0.05, 0) is 42.7 Å². The van der Waals surface area contributed by atoms with Crippen LogP contribution in [0.5, 0.6) is 0 Å². The maximum atomic E-state index is 13.4. The fourth-order valence-corrected chi connectivity index (χ4v) is 4.95. The molecule has 0 aliphatic carbocycles. The molecular weight excluding hydrogens is 377 g/mol. The van der Waals surface area contributed by atoms with Crippen molar-refractivity contribution in [2.24, 2.45) is 0 Å². The molecule has 0 unspecified atom stereocenters. The van der Waals surface area contributed by atoms with E-state index in [2.05, 4.69) is 11.4 Å². The van der Waals surface area contributed by atoms with Gasteiger partial charge in [-0.1, -0.05) is 35.9 Å². The zero-order valence-corrected chi connectivity index (χ0v) is 16.2. The Morgan fingerprint density at radius 2 is 1.89 bits per heavy atom. The summed E-state index contributed by atoms with van der Waals surface area (Å²) in [5, 5.41) is 12.6. The Bertz CT molecular complexity index is 1100. The van der Waals surface area contributed by atoms with E-state index < -0.39 is 11.8 Å². The minimum atomic E-state index is -1.06. The highest BCUT2D eigenvalue weighted by Gasteiger charge is 2.35. The Hall–Kier alpha value is -2.99. The Morgan fingerprint density at radius 3 is 2.57 bits per heavy atom. The number of hydrogen-bond donors (Lipinski definition) is 2. The fourth-order valence-electron chi connectivity index (χ4n) is 3.72. The molecule has 0 fully saturated rings. The van der Waals surface area contributed by atoms with Crippen LogP contribution in [0.1, 0.15) is 43.6 Å². The van der Waals surface area contributed by atoms with Gasteiger partial charge in [-0.3, -0.25) is 4.79 Å². The van der Waals surface area contributed by atoms with Crippen molar-refractivity contribution >= 4 is 28.9 Å². The highest BCUT2D eigenvalue weighted by atomic mass is 32.1. The summed E-state index contributed by atoms with van der Waals surface area (Å²) in [7, 11) is 0. The van der Waals surface area contributed by atoms with Crippen LogP contribution in [0.25, 0.3) is 11.1 Å². The number of rotatable bonds is 3. The zero-order chi connectivity index (χ0) is 20.0. The summed E-state index contributed by atoms with van der Waals surface area (Å²) in [6.07, 6.45) is 0.264. The molecule has 28 heavy (non-hydrogen) atoms. The number of aromatic carboxylic acids is 1. The van der Waals surface area contributed by atoms with E-state index in [9.17, 15) is 19.1 Å². The molecule has 1 aliphatic heterocycles. The van der Waals surface area contributed by atoms with Gasteiger partial charge in [0.2, 0.25) is 5.91 Å². The summed E-state index contributed by atoms with van der Waals surface area (Å²) >= 11 is 1.18. The van der Waals surface area contributed by atoms with Crippen LogP contribution in [-0.2, 0) is 4.79 Å². The minimum Gasteiger partial charge on any atom is -0.477 e. The monoisotopic (exact) mass is 395 g/mol. The number of halogens is 1. The van der Waals surface area contributed by atoms with E-state index in [0.717, 1.165) is 21.6 Å². The Labute approximate surface area is 165 Å². The lowest BCUT2D eigenvalue weighted by atomic mass is 9.85. The zero-order valence-electron chi connectivity index (χ0n) is 15.4. The summed E-state index contributed by atoms with van der Waals surface area (Å²) in [5.74, 6) is -1.83. The molecule has 2 aromatic carbocycles. The molecule has 6 heteroatoms. The number of amides is 1. The number of nitrogens with one attached hydrogen (secondary N) is 1. The molecule has 1 amide bonds. The number of thiophene rings is 1. The lowest BCUT2D eigenvalue weighted by Crippen LogP contribution is -2.23. The number of carboxylic acid groups (broad SMARTS) is 1. The van der Waals surface area contributed by atoms with E-state index in [-0.39, 0.29) is 23.1 Å². The number of carboxylic acids is 1. The van der Waals surface area contributed by atoms with Crippen LogP contribution in [-0.4, -0.2) is 17.0 Å². The first-order valence-electron chi connectivity index (χ1n) is 8.88. The molecule has 0 saturated heterocycles. The number of hydrogen-bond acceptors (Lipinski definition) is 3. The minimum absolute atomic E-state index is 0.147. The van der Waals surface area contributed by atoms with E-state index in [1.165, 1.54) is 35.6 Å². The summed E-state index contributed by atoms with van der Waals surface area (Å²) in [5.41, 5.74) is 4.71. The SMILES string of the molecule is Cc1ccc(C)c([C@H]2CC(=O)Nc3c2sc(C(=O)O)c3-c2ccc(F)cc2)c1. The molecule has 0 saturated carbocycles. The van der Waals surface area contributed by atoms with Gasteiger partial charge in [-0.15, -0.1) is 11.3 Å². The average Bonchev–Trinajstić information content (AvgIpc) is 3.03. The second-order valence-corrected chi connectivity index (χ2v) is 8.07. The van der Waals surface area contributed by atoms with Crippen molar-refractivity contribution in [3.63, 3.8) is 0 Å². The summed E-state index contributed by atoms with van der Waals surface area (Å²) < 4.78 is 13.4. The van der Waals surface area contributed by atoms with Crippen molar-refractivity contribution in [1.29, 1.82) is 0 Å². The molecule has 2 N–H and O–H groups in total. The number of carbonyl (C=O) groups is 2. The van der Waals surface area contributed by atoms with Crippen LogP contribution in [0.4, 0.5) is 10.1 Å². The van der Waals surface area contributed by atoms with Crippen LogP contribution in [0, 0.1) is 19.7 Å². The van der Waals surface area contributed by atoms with E-state index in [0.29, 0.717) is 16.8 Å². The van der Waals surface area contributed by atoms with Gasteiger partial charge < -0.3 is 10.4 Å². The van der Waals surface area contributed by atoms with Gasteiger partial charge >= 0.3 is 5.97 Å². The predicted molar refractivity (Wildman–Crippen MR) is 108 cm³/mol. The van der Waals surface area contributed by atoms with Gasteiger partial charge in [0.15, 0.2) is 0 Å². The number of fused-ring (bicyclic) bond motifs is 1. The quantitative estimate of drug-likeness (QED) is 0.629. The smallest absolute Gasteiger partial charge is 0.346 e. The van der Waals surface area contributed by atoms with Crippen molar-refractivity contribution in [3.05, 3.63) is 74.7 Å². The van der Waals surface area contributed by atoms with Crippen LogP contribution in [0.2, 0.25) is 0 Å². The maximum Gasteiger partial charge on any atom is 0.346 e. The third kappa shape index (κ3) is 3.10. The van der Waals surface area contributed by atoms with Crippen molar-refractivity contribution in [2.45, 2.75) is 26.2 Å². The van der Waals surface area contributed by atoms with Crippen LogP contribution in [0.15, 0.2) is 42.5 Å². The molecule has 4 nitrogen and oxygen atoms in total. The molecule has 1 aliphatic rings. The number of carbonyl (C=O) groups excluding carboxylic acids is 1. The first-order valence-corrected chi connectivity index (χ1v) is 9.69. The second-order valence-electron chi connectivity index (χ2n) is 7.02. The number of aryl methyl sites for hydroxylation is 2. The van der Waals surface area contributed by atoms with Crippen LogP contribution < -0.4 is 5.32 Å². The van der Waals surface area contributed by atoms with Crippen molar-refractivity contribution in [3.8, 4) is 11.1 Å². The molecule has 0 radical (unpaired) electrons. The first-order chi connectivity index (χ1) is 13.3. The van der Waals surface area contributed by atoms with Crippen LogP contribution >= 0.6 is 11.3 Å². The van der Waals surface area contributed by atoms with Crippen molar-refractivity contribution in [2.75, 3.05) is 5.32 Å². The van der Waals surface area contributed by atoms with Gasteiger partial charge in [0.1, 0.15) is 10.7 Å². The Balaban J connectivity index is 1.96. The number of anilines is 1. The van der Waals surface area contributed by atoms with Gasteiger partial charge in [0.05, 0.1) is 5.69 Å². The highest BCUT2D eigenvalue weighted by molar-refractivity contribution is 7.15. The maximum absolute atomic E-state index is 13.4. The second kappa shape index (κ2) is 6.87. The Morgan fingerprint density at radius 1 is 1.18 bits per heavy atom. The summed E-state index contributed by atoms with van der Waals surface area (Å²) in [4.78, 5) is 25.4. The molecule has 0 bridgehead atoms. The van der Waals surface area contributed by atoms with Gasteiger partial charge in [0, 0.05) is 22.8 Å². The van der Waals surface area contributed by atoms with Crippen LogP contribution in [0.3, 0.4) is 0 Å². The molecule has 1 atom stereocenters. The average molecular weight is 395 g/mol. The summed E-state index contributed by atoms with van der Waals surface area (Å²) in [6.45, 7) is 3.99. The van der Waals surface area contributed by atoms with E-state index in [1.54, 1.807) is 0 Å². The largest absolute Gasteiger partial charge is 0.477 e. The van der Waals surface area contributed by atoms with E-state index in [4.69, 9.17) is 0 Å². The Kier molecular flexibility index (Phi) is 4.51. The topological polar surface area (TPSA) is 66.4 Å². The molecule has 142 valence electrons. The third-order valence-electron chi connectivity index (χ3n) is 5.04. The molecule has 4 rings (SSSR count). The van der Waals surface area contributed by atoms with Gasteiger partial charge in [-0.2, -0.15) is 0 Å². The molecule has 1 aromatic heterocycles. The standard InChI is InChI=1S/C22H18FNO3S/c1-11-3-4-12(2)15(9-11)16-10-17(25)24-19-18(13-5-7-14(23)8-6-13)21(22(26)27)28-20(16)19/h3-9,16H,10H2,1-2H3,(H,24,25)(H,26,27)/t16-/m1/s1. The predicted octanol–water partition coefficient (Wildman–Crippen LogP) is 5.34. The molecule has 0 spiro atoms. The first kappa shape index (κ1) is 18.4. The van der Waals surface area contributed by atoms with E-state index in [1.807, 2.05) is 26.0 Å². The lowest BCUT2D eigenvalue weighted by molar-refractivity contribution is -0.116. The summed E-state index contributed by atoms with van der Waals surface area (Å²) in [6, 6.07) is 11.7. The van der Waals surface area contributed by atoms with Gasteiger partial charge in [-0.25, -0.2) is 9.18 Å².